The smallest absolute Gasteiger partial charge is 0.150 e. The summed E-state index contributed by atoms with van der Waals surface area (Å²) in [6.45, 7) is 0. The van der Waals surface area contributed by atoms with Gasteiger partial charge >= 0.3 is 0 Å². The standard InChI is InChI=1S/C15H10O2/c16-10-11-4-6-12(7-5-11)13-2-1-3-15-14(13)8-9-17-15/h1-10H. The van der Waals surface area contributed by atoms with E-state index in [1.807, 2.05) is 48.5 Å². The molecule has 17 heavy (non-hydrogen) atoms. The van der Waals surface area contributed by atoms with Gasteiger partial charge in [-0.15, -0.1) is 0 Å². The number of furan rings is 1. The molecule has 0 spiro atoms. The number of hydrogen-bond acceptors (Lipinski definition) is 2. The van der Waals surface area contributed by atoms with Gasteiger partial charge in [0.2, 0.25) is 0 Å². The molecule has 1 heterocycles. The van der Waals surface area contributed by atoms with Gasteiger partial charge < -0.3 is 4.42 Å². The van der Waals surface area contributed by atoms with Crippen LogP contribution in [0.4, 0.5) is 0 Å². The van der Waals surface area contributed by atoms with E-state index in [2.05, 4.69) is 0 Å². The molecule has 0 N–H and O–H groups in total. The van der Waals surface area contributed by atoms with Crippen molar-refractivity contribution in [2.75, 3.05) is 0 Å². The maximum Gasteiger partial charge on any atom is 0.150 e. The fourth-order valence-corrected chi connectivity index (χ4v) is 1.99. The molecule has 2 nitrogen and oxygen atoms in total. The average molecular weight is 222 g/mol. The molecule has 3 rings (SSSR count). The van der Waals surface area contributed by atoms with Gasteiger partial charge in [-0.1, -0.05) is 36.4 Å². The van der Waals surface area contributed by atoms with Crippen molar-refractivity contribution >= 4 is 17.3 Å². The van der Waals surface area contributed by atoms with Gasteiger partial charge in [0, 0.05) is 10.9 Å². The molecule has 0 fully saturated rings. The highest BCUT2D eigenvalue weighted by molar-refractivity contribution is 5.94. The molecular weight excluding hydrogens is 212 g/mol. The molecule has 0 unspecified atom stereocenters. The lowest BCUT2D eigenvalue weighted by Crippen LogP contribution is -1.81. The van der Waals surface area contributed by atoms with Crippen molar-refractivity contribution < 1.29 is 9.21 Å². The van der Waals surface area contributed by atoms with Crippen molar-refractivity contribution in [3.8, 4) is 11.1 Å². The van der Waals surface area contributed by atoms with E-state index in [1.54, 1.807) is 6.26 Å². The van der Waals surface area contributed by atoms with E-state index in [-0.39, 0.29) is 0 Å². The first-order valence-electron chi connectivity index (χ1n) is 5.40. The molecule has 82 valence electrons. The topological polar surface area (TPSA) is 30.2 Å². The summed E-state index contributed by atoms with van der Waals surface area (Å²) in [6, 6.07) is 15.5. The Morgan fingerprint density at radius 3 is 2.53 bits per heavy atom. The highest BCUT2D eigenvalue weighted by atomic mass is 16.3. The second-order valence-electron chi connectivity index (χ2n) is 3.88. The van der Waals surface area contributed by atoms with E-state index in [0.717, 1.165) is 28.4 Å². The van der Waals surface area contributed by atoms with E-state index in [0.29, 0.717) is 5.56 Å². The van der Waals surface area contributed by atoms with Gasteiger partial charge in [0.05, 0.1) is 6.26 Å². The van der Waals surface area contributed by atoms with Crippen LogP contribution in [0.15, 0.2) is 59.2 Å². The van der Waals surface area contributed by atoms with Crippen molar-refractivity contribution in [3.05, 3.63) is 60.4 Å². The van der Waals surface area contributed by atoms with Gasteiger partial charge in [-0.3, -0.25) is 4.79 Å². The minimum atomic E-state index is 0.688. The third-order valence-electron chi connectivity index (χ3n) is 2.85. The Morgan fingerprint density at radius 2 is 1.76 bits per heavy atom. The maximum atomic E-state index is 10.6. The number of hydrogen-bond donors (Lipinski definition) is 0. The molecule has 0 saturated heterocycles. The molecule has 0 aliphatic rings. The van der Waals surface area contributed by atoms with Crippen LogP contribution in [-0.2, 0) is 0 Å². The van der Waals surface area contributed by atoms with Crippen LogP contribution in [0.2, 0.25) is 0 Å². The summed E-state index contributed by atoms with van der Waals surface area (Å²) >= 11 is 0. The van der Waals surface area contributed by atoms with E-state index in [1.165, 1.54) is 0 Å². The summed E-state index contributed by atoms with van der Waals surface area (Å²) in [5.41, 5.74) is 3.77. The fraction of sp³-hybridized carbons (Fsp3) is 0. The van der Waals surface area contributed by atoms with Crippen LogP contribution in [0.5, 0.6) is 0 Å². The molecule has 0 bridgehead atoms. The quantitative estimate of drug-likeness (QED) is 0.615. The minimum absolute atomic E-state index is 0.688. The second-order valence-corrected chi connectivity index (χ2v) is 3.88. The van der Waals surface area contributed by atoms with Crippen molar-refractivity contribution in [1.29, 1.82) is 0 Å². The molecule has 0 aliphatic carbocycles. The normalized spacial score (nSPS) is 10.6. The van der Waals surface area contributed by atoms with E-state index >= 15 is 0 Å². The van der Waals surface area contributed by atoms with E-state index < -0.39 is 0 Å². The van der Waals surface area contributed by atoms with Crippen LogP contribution < -0.4 is 0 Å². The SMILES string of the molecule is O=Cc1ccc(-c2cccc3occc23)cc1. The highest BCUT2D eigenvalue weighted by Gasteiger charge is 2.05. The van der Waals surface area contributed by atoms with Gasteiger partial charge in [0.25, 0.3) is 0 Å². The second kappa shape index (κ2) is 3.91. The largest absolute Gasteiger partial charge is 0.464 e. The van der Waals surface area contributed by atoms with Crippen LogP contribution >= 0.6 is 0 Å². The van der Waals surface area contributed by atoms with Gasteiger partial charge in [-0.2, -0.15) is 0 Å². The van der Waals surface area contributed by atoms with Crippen molar-refractivity contribution in [2.24, 2.45) is 0 Å². The Hall–Kier alpha value is -2.35. The predicted molar refractivity (Wildman–Crippen MR) is 67.0 cm³/mol. The Labute approximate surface area is 98.5 Å². The first kappa shape index (κ1) is 9.85. The van der Waals surface area contributed by atoms with Crippen LogP contribution in [0, 0.1) is 0 Å². The van der Waals surface area contributed by atoms with E-state index in [9.17, 15) is 4.79 Å². The lowest BCUT2D eigenvalue weighted by Gasteiger charge is -2.03. The fourth-order valence-electron chi connectivity index (χ4n) is 1.99. The lowest BCUT2D eigenvalue weighted by atomic mass is 10.0. The monoisotopic (exact) mass is 222 g/mol. The number of fused-ring (bicyclic) bond motifs is 1. The summed E-state index contributed by atoms with van der Waals surface area (Å²) in [7, 11) is 0. The Morgan fingerprint density at radius 1 is 0.941 bits per heavy atom. The molecule has 1 aromatic heterocycles. The van der Waals surface area contributed by atoms with Crippen LogP contribution in [0.25, 0.3) is 22.1 Å². The number of benzene rings is 2. The first-order valence-corrected chi connectivity index (χ1v) is 5.40. The summed E-state index contributed by atoms with van der Waals surface area (Å²) in [5.74, 6) is 0. The predicted octanol–water partition coefficient (Wildman–Crippen LogP) is 3.91. The maximum absolute atomic E-state index is 10.6. The number of carbonyl (C=O) groups excluding carboxylic acids is 1. The van der Waals surface area contributed by atoms with Crippen LogP contribution in [-0.4, -0.2) is 6.29 Å². The van der Waals surface area contributed by atoms with E-state index in [4.69, 9.17) is 4.42 Å². The summed E-state index contributed by atoms with van der Waals surface area (Å²) < 4.78 is 5.37. The first-order chi connectivity index (χ1) is 8.38. The van der Waals surface area contributed by atoms with Gasteiger partial charge in [0.1, 0.15) is 11.9 Å². The summed E-state index contributed by atoms with van der Waals surface area (Å²) in [4.78, 5) is 10.6. The number of aldehydes is 1. The zero-order chi connectivity index (χ0) is 11.7. The molecule has 0 saturated carbocycles. The lowest BCUT2D eigenvalue weighted by molar-refractivity contribution is 0.112. The molecule has 0 amide bonds. The summed E-state index contributed by atoms with van der Waals surface area (Å²) in [5, 5.41) is 1.09. The van der Waals surface area contributed by atoms with Crippen LogP contribution in [0.3, 0.4) is 0 Å². The number of carbonyl (C=O) groups is 1. The molecule has 2 heteroatoms. The van der Waals surface area contributed by atoms with Gasteiger partial charge in [0.15, 0.2) is 0 Å². The minimum Gasteiger partial charge on any atom is -0.464 e. The van der Waals surface area contributed by atoms with Crippen molar-refractivity contribution in [1.82, 2.24) is 0 Å². The molecule has 0 radical (unpaired) electrons. The van der Waals surface area contributed by atoms with Gasteiger partial charge in [-0.05, 0) is 23.3 Å². The zero-order valence-electron chi connectivity index (χ0n) is 9.09. The molecule has 0 aliphatic heterocycles. The highest BCUT2D eigenvalue weighted by Crippen LogP contribution is 2.29. The number of rotatable bonds is 2. The van der Waals surface area contributed by atoms with Crippen LogP contribution in [0.1, 0.15) is 10.4 Å². The Balaban J connectivity index is 2.19. The van der Waals surface area contributed by atoms with Gasteiger partial charge in [-0.25, -0.2) is 0 Å². The zero-order valence-corrected chi connectivity index (χ0v) is 9.09. The molecular formula is C15H10O2. The summed E-state index contributed by atoms with van der Waals surface area (Å²) in [6.07, 6.45) is 2.54. The molecule has 2 aromatic carbocycles. The molecule has 3 aromatic rings. The third kappa shape index (κ3) is 1.64. The average Bonchev–Trinajstić information content (AvgIpc) is 2.87. The van der Waals surface area contributed by atoms with Crippen molar-refractivity contribution in [3.63, 3.8) is 0 Å². The van der Waals surface area contributed by atoms with Crippen molar-refractivity contribution in [2.45, 2.75) is 0 Å². The third-order valence-corrected chi connectivity index (χ3v) is 2.85. The Kier molecular flexibility index (Phi) is 2.26. The molecule has 0 atom stereocenters. The Bertz CT molecular complexity index is 663.